The van der Waals surface area contributed by atoms with Gasteiger partial charge in [-0.3, -0.25) is 0 Å². The summed E-state index contributed by atoms with van der Waals surface area (Å²) in [5.74, 6) is -1.34. The summed E-state index contributed by atoms with van der Waals surface area (Å²) in [6.45, 7) is -0.650. The van der Waals surface area contributed by atoms with Crippen LogP contribution in [0.3, 0.4) is 0 Å². The highest BCUT2D eigenvalue weighted by Crippen LogP contribution is 2.20. The number of rotatable bonds is 3. The standard InChI is InChI=1S/C10H12FNO3/c1-15-9(14)10(12,6-13)7-3-2-4-8(11)5-7/h2-5,13H,6,12H2,1H3. The molecule has 0 aliphatic heterocycles. The lowest BCUT2D eigenvalue weighted by Crippen LogP contribution is -2.49. The average molecular weight is 213 g/mol. The molecule has 1 atom stereocenters. The number of nitrogens with two attached hydrogens (primary N) is 1. The van der Waals surface area contributed by atoms with Gasteiger partial charge < -0.3 is 15.6 Å². The van der Waals surface area contributed by atoms with Crippen LogP contribution in [-0.4, -0.2) is 24.8 Å². The van der Waals surface area contributed by atoms with Crippen molar-refractivity contribution in [2.45, 2.75) is 5.54 Å². The lowest BCUT2D eigenvalue weighted by Gasteiger charge is -2.24. The van der Waals surface area contributed by atoms with E-state index in [1.807, 2.05) is 0 Å². The molecule has 1 unspecified atom stereocenters. The minimum absolute atomic E-state index is 0.178. The lowest BCUT2D eigenvalue weighted by molar-refractivity contribution is -0.149. The monoisotopic (exact) mass is 213 g/mol. The van der Waals surface area contributed by atoms with E-state index in [0.717, 1.165) is 13.2 Å². The van der Waals surface area contributed by atoms with Gasteiger partial charge in [0, 0.05) is 0 Å². The fourth-order valence-corrected chi connectivity index (χ4v) is 1.22. The van der Waals surface area contributed by atoms with Crippen LogP contribution in [0.1, 0.15) is 5.56 Å². The van der Waals surface area contributed by atoms with Crippen LogP contribution in [0.15, 0.2) is 24.3 Å². The molecule has 1 aromatic carbocycles. The van der Waals surface area contributed by atoms with Gasteiger partial charge in [0.1, 0.15) is 5.82 Å². The highest BCUT2D eigenvalue weighted by atomic mass is 19.1. The van der Waals surface area contributed by atoms with E-state index in [9.17, 15) is 9.18 Å². The summed E-state index contributed by atoms with van der Waals surface area (Å²) in [5.41, 5.74) is 4.12. The number of esters is 1. The first-order valence-corrected chi connectivity index (χ1v) is 4.29. The maximum atomic E-state index is 12.9. The van der Waals surface area contributed by atoms with Crippen molar-refractivity contribution in [3.05, 3.63) is 35.6 Å². The molecule has 0 aliphatic carbocycles. The first-order chi connectivity index (χ1) is 7.04. The van der Waals surface area contributed by atoms with E-state index < -0.39 is 23.9 Å². The van der Waals surface area contributed by atoms with Gasteiger partial charge in [0.15, 0.2) is 5.54 Å². The number of hydrogen-bond acceptors (Lipinski definition) is 4. The van der Waals surface area contributed by atoms with Crippen molar-refractivity contribution in [1.82, 2.24) is 0 Å². The molecule has 0 spiro atoms. The van der Waals surface area contributed by atoms with E-state index in [0.29, 0.717) is 0 Å². The van der Waals surface area contributed by atoms with Crippen LogP contribution in [0.4, 0.5) is 4.39 Å². The van der Waals surface area contributed by atoms with Gasteiger partial charge in [-0.2, -0.15) is 0 Å². The second kappa shape index (κ2) is 4.37. The van der Waals surface area contributed by atoms with Gasteiger partial charge in [-0.25, -0.2) is 9.18 Å². The smallest absolute Gasteiger partial charge is 0.332 e. The van der Waals surface area contributed by atoms with Crippen molar-refractivity contribution in [2.75, 3.05) is 13.7 Å². The molecule has 0 radical (unpaired) electrons. The topological polar surface area (TPSA) is 72.5 Å². The van der Waals surface area contributed by atoms with E-state index in [-0.39, 0.29) is 5.56 Å². The fourth-order valence-electron chi connectivity index (χ4n) is 1.22. The molecule has 0 aliphatic rings. The van der Waals surface area contributed by atoms with Gasteiger partial charge >= 0.3 is 5.97 Å². The van der Waals surface area contributed by atoms with Gasteiger partial charge in [-0.15, -0.1) is 0 Å². The van der Waals surface area contributed by atoms with Crippen LogP contribution in [0, 0.1) is 5.82 Å². The Morgan fingerprint density at radius 3 is 2.80 bits per heavy atom. The maximum Gasteiger partial charge on any atom is 0.332 e. The van der Waals surface area contributed by atoms with Crippen molar-refractivity contribution in [2.24, 2.45) is 5.73 Å². The highest BCUT2D eigenvalue weighted by Gasteiger charge is 2.36. The second-order valence-electron chi connectivity index (χ2n) is 3.13. The van der Waals surface area contributed by atoms with E-state index >= 15 is 0 Å². The molecule has 0 bridgehead atoms. The molecule has 0 fully saturated rings. The predicted molar refractivity (Wildman–Crippen MR) is 51.4 cm³/mol. The second-order valence-corrected chi connectivity index (χ2v) is 3.13. The fraction of sp³-hybridized carbons (Fsp3) is 0.300. The van der Waals surface area contributed by atoms with Gasteiger partial charge in [-0.1, -0.05) is 12.1 Å². The lowest BCUT2D eigenvalue weighted by atomic mass is 9.92. The minimum Gasteiger partial charge on any atom is -0.467 e. The number of methoxy groups -OCH3 is 1. The molecule has 15 heavy (non-hydrogen) atoms. The van der Waals surface area contributed by atoms with Crippen molar-refractivity contribution >= 4 is 5.97 Å². The maximum absolute atomic E-state index is 12.9. The molecule has 0 aromatic heterocycles. The third-order valence-electron chi connectivity index (χ3n) is 2.14. The number of aliphatic hydroxyl groups is 1. The molecule has 0 saturated heterocycles. The third-order valence-corrected chi connectivity index (χ3v) is 2.14. The summed E-state index contributed by atoms with van der Waals surface area (Å²) >= 11 is 0. The Morgan fingerprint density at radius 1 is 1.67 bits per heavy atom. The van der Waals surface area contributed by atoms with Crippen LogP contribution in [-0.2, 0) is 15.1 Å². The van der Waals surface area contributed by atoms with Gasteiger partial charge in [0.2, 0.25) is 0 Å². The Morgan fingerprint density at radius 2 is 2.33 bits per heavy atom. The zero-order chi connectivity index (χ0) is 11.5. The summed E-state index contributed by atoms with van der Waals surface area (Å²) in [6.07, 6.45) is 0. The van der Waals surface area contributed by atoms with Gasteiger partial charge in [0.25, 0.3) is 0 Å². The van der Waals surface area contributed by atoms with E-state index in [4.69, 9.17) is 10.8 Å². The molecule has 1 aromatic rings. The number of ether oxygens (including phenoxy) is 1. The van der Waals surface area contributed by atoms with Gasteiger partial charge in [-0.05, 0) is 17.7 Å². The number of carbonyl (C=O) groups is 1. The Balaban J connectivity index is 3.16. The number of benzene rings is 1. The number of carbonyl (C=O) groups excluding carboxylic acids is 1. The quantitative estimate of drug-likeness (QED) is 0.701. The zero-order valence-electron chi connectivity index (χ0n) is 8.24. The van der Waals surface area contributed by atoms with E-state index in [1.165, 1.54) is 18.2 Å². The van der Waals surface area contributed by atoms with Crippen molar-refractivity contribution < 1.29 is 19.0 Å². The Hall–Kier alpha value is -1.46. The number of halogens is 1. The van der Waals surface area contributed by atoms with E-state index in [1.54, 1.807) is 0 Å². The van der Waals surface area contributed by atoms with Crippen LogP contribution in [0.25, 0.3) is 0 Å². The van der Waals surface area contributed by atoms with Crippen molar-refractivity contribution in [3.8, 4) is 0 Å². The van der Waals surface area contributed by atoms with Crippen LogP contribution in [0.2, 0.25) is 0 Å². The SMILES string of the molecule is COC(=O)C(N)(CO)c1cccc(F)c1. The van der Waals surface area contributed by atoms with Crippen molar-refractivity contribution in [3.63, 3.8) is 0 Å². The molecule has 0 amide bonds. The number of hydrogen-bond donors (Lipinski definition) is 2. The molecule has 0 saturated carbocycles. The summed E-state index contributed by atoms with van der Waals surface area (Å²) in [4.78, 5) is 11.3. The average Bonchev–Trinajstić information content (AvgIpc) is 2.26. The first kappa shape index (κ1) is 11.6. The molecule has 0 heterocycles. The van der Waals surface area contributed by atoms with Crippen LogP contribution < -0.4 is 5.73 Å². The summed E-state index contributed by atoms with van der Waals surface area (Å²) in [6, 6.07) is 5.17. The summed E-state index contributed by atoms with van der Waals surface area (Å²) in [7, 11) is 1.15. The molecular weight excluding hydrogens is 201 g/mol. The zero-order valence-corrected chi connectivity index (χ0v) is 8.24. The molecular formula is C10H12FNO3. The molecule has 82 valence electrons. The largest absolute Gasteiger partial charge is 0.467 e. The Bertz CT molecular complexity index is 369. The molecule has 3 N–H and O–H groups in total. The van der Waals surface area contributed by atoms with Crippen molar-refractivity contribution in [1.29, 1.82) is 0 Å². The minimum atomic E-state index is -1.71. The van der Waals surface area contributed by atoms with E-state index in [2.05, 4.69) is 4.74 Å². The predicted octanol–water partition coefficient (Wildman–Crippen LogP) is 0.145. The summed E-state index contributed by atoms with van der Waals surface area (Å²) in [5, 5.41) is 9.08. The Kier molecular flexibility index (Phi) is 3.39. The first-order valence-electron chi connectivity index (χ1n) is 4.29. The normalized spacial score (nSPS) is 14.4. The summed E-state index contributed by atoms with van der Waals surface area (Å²) < 4.78 is 17.4. The van der Waals surface area contributed by atoms with Crippen LogP contribution in [0.5, 0.6) is 0 Å². The molecule has 5 heteroatoms. The molecule has 4 nitrogen and oxygen atoms in total. The third kappa shape index (κ3) is 2.14. The van der Waals surface area contributed by atoms with Gasteiger partial charge in [0.05, 0.1) is 13.7 Å². The Labute approximate surface area is 86.5 Å². The number of aliphatic hydroxyl groups excluding tert-OH is 1. The molecule has 1 rings (SSSR count). The highest BCUT2D eigenvalue weighted by molar-refractivity contribution is 5.82. The van der Waals surface area contributed by atoms with Crippen LogP contribution >= 0.6 is 0 Å².